The Morgan fingerprint density at radius 1 is 1.09 bits per heavy atom. The molecule has 2 aromatic heterocycles. The number of likely N-dealkylation sites (tertiary alicyclic amines) is 1. The summed E-state index contributed by atoms with van der Waals surface area (Å²) in [6, 6.07) is 14.1. The number of rotatable bonds is 5. The Bertz CT molecular complexity index is 1500. The van der Waals surface area contributed by atoms with Crippen LogP contribution in [0.5, 0.6) is 0 Å². The summed E-state index contributed by atoms with van der Waals surface area (Å²) < 4.78 is 22.4. The molecule has 0 bridgehead atoms. The minimum Gasteiger partial charge on any atom is -0.464 e. The first-order chi connectivity index (χ1) is 17.0. The van der Waals surface area contributed by atoms with Crippen LogP contribution in [0.15, 0.2) is 64.0 Å². The second-order valence-electron chi connectivity index (χ2n) is 9.75. The maximum atomic E-state index is 15.5. The Balaban J connectivity index is 1.31. The predicted molar refractivity (Wildman–Crippen MR) is 131 cm³/mol. The molecule has 2 aliphatic rings. The molecule has 0 radical (unpaired) electrons. The van der Waals surface area contributed by atoms with Crippen LogP contribution in [-0.4, -0.2) is 33.4 Å². The van der Waals surface area contributed by atoms with E-state index in [-0.39, 0.29) is 23.3 Å². The number of amides is 1. The number of hydrogen-bond donors (Lipinski definition) is 0. The maximum absolute atomic E-state index is 15.5. The Kier molecular flexibility index (Phi) is 5.28. The molecule has 2 aromatic carbocycles. The van der Waals surface area contributed by atoms with Crippen LogP contribution in [0.2, 0.25) is 0 Å². The molecule has 1 aliphatic heterocycles. The Hall–Kier alpha value is -3.74. The second-order valence-corrected chi connectivity index (χ2v) is 9.75. The fourth-order valence-corrected chi connectivity index (χ4v) is 5.05. The van der Waals surface area contributed by atoms with Gasteiger partial charge in [-0.15, -0.1) is 0 Å². The molecule has 178 valence electrons. The van der Waals surface area contributed by atoms with Gasteiger partial charge in [0.15, 0.2) is 0 Å². The molecule has 6 nitrogen and oxygen atoms in total. The van der Waals surface area contributed by atoms with Gasteiger partial charge < -0.3 is 9.32 Å². The van der Waals surface area contributed by atoms with Crippen molar-refractivity contribution in [2.75, 3.05) is 13.1 Å². The van der Waals surface area contributed by atoms with Crippen LogP contribution < -0.4 is 5.56 Å². The van der Waals surface area contributed by atoms with Crippen LogP contribution in [0.3, 0.4) is 0 Å². The molecule has 0 unspecified atom stereocenters. The summed E-state index contributed by atoms with van der Waals surface area (Å²) in [7, 11) is 0. The highest BCUT2D eigenvalue weighted by molar-refractivity contribution is 5.84. The lowest BCUT2D eigenvalue weighted by Gasteiger charge is -2.19. The van der Waals surface area contributed by atoms with Gasteiger partial charge in [0, 0.05) is 42.7 Å². The molecule has 35 heavy (non-hydrogen) atoms. The van der Waals surface area contributed by atoms with E-state index in [9.17, 15) is 9.59 Å². The van der Waals surface area contributed by atoms with E-state index >= 15 is 4.39 Å². The molecule has 1 aliphatic carbocycles. The summed E-state index contributed by atoms with van der Waals surface area (Å²) in [6.45, 7) is 3.50. The summed E-state index contributed by atoms with van der Waals surface area (Å²) in [5, 5.41) is 0.951. The van der Waals surface area contributed by atoms with Gasteiger partial charge in [0.05, 0.1) is 11.8 Å². The van der Waals surface area contributed by atoms with E-state index in [1.165, 1.54) is 12.1 Å². The number of furan rings is 1. The van der Waals surface area contributed by atoms with Gasteiger partial charge >= 0.3 is 0 Å². The monoisotopic (exact) mass is 471 g/mol. The van der Waals surface area contributed by atoms with Crippen molar-refractivity contribution in [1.82, 2.24) is 14.5 Å². The SMILES string of the molecule is Cc1cc(=O)n(C[C@@H]2CCN(C(=O)C3CC3)C2)c(-c2ccc(-c3ccc4occc4c3)cc2F)n1. The van der Waals surface area contributed by atoms with Crippen molar-refractivity contribution in [2.24, 2.45) is 11.8 Å². The zero-order valence-electron chi connectivity index (χ0n) is 19.5. The molecule has 0 N–H and O–H groups in total. The maximum Gasteiger partial charge on any atom is 0.253 e. The molecular formula is C28H26FN3O3. The van der Waals surface area contributed by atoms with E-state index in [1.807, 2.05) is 35.2 Å². The fourth-order valence-electron chi connectivity index (χ4n) is 5.05. The zero-order valence-corrected chi connectivity index (χ0v) is 19.5. The molecule has 2 fully saturated rings. The van der Waals surface area contributed by atoms with Crippen molar-refractivity contribution in [3.05, 3.63) is 76.7 Å². The quantitative estimate of drug-likeness (QED) is 0.409. The number of carbonyl (C=O) groups excluding carboxylic acids is 1. The lowest BCUT2D eigenvalue weighted by molar-refractivity contribution is -0.131. The third-order valence-electron chi connectivity index (χ3n) is 7.10. The van der Waals surface area contributed by atoms with Gasteiger partial charge in [-0.3, -0.25) is 14.2 Å². The highest BCUT2D eigenvalue weighted by Crippen LogP contribution is 2.34. The summed E-state index contributed by atoms with van der Waals surface area (Å²) in [5.41, 5.74) is 3.04. The first-order valence-electron chi connectivity index (χ1n) is 12.1. The van der Waals surface area contributed by atoms with Crippen LogP contribution in [0.1, 0.15) is 25.0 Å². The van der Waals surface area contributed by atoms with E-state index in [2.05, 4.69) is 4.98 Å². The average Bonchev–Trinajstić information content (AvgIpc) is 3.40. The molecule has 7 heteroatoms. The van der Waals surface area contributed by atoms with Gasteiger partial charge in [0.25, 0.3) is 5.56 Å². The highest BCUT2D eigenvalue weighted by Gasteiger charge is 2.36. The van der Waals surface area contributed by atoms with E-state index < -0.39 is 5.82 Å². The van der Waals surface area contributed by atoms with Gasteiger partial charge in [0.1, 0.15) is 17.2 Å². The highest BCUT2D eigenvalue weighted by atomic mass is 19.1. The first-order valence-corrected chi connectivity index (χ1v) is 12.1. The molecule has 1 saturated carbocycles. The van der Waals surface area contributed by atoms with Gasteiger partial charge in [0.2, 0.25) is 5.91 Å². The average molecular weight is 472 g/mol. The third kappa shape index (κ3) is 4.16. The lowest BCUT2D eigenvalue weighted by atomic mass is 10.0. The standard InChI is InChI=1S/C28H26FN3O3/c1-17-12-26(33)32(16-18-8-10-31(15-18)28(34)19-2-3-19)27(30-17)23-6-4-21(14-24(23)29)20-5-7-25-22(13-20)9-11-35-25/h4-7,9,11-14,18-19H,2-3,8,10,15-16H2,1H3/t18-/m1/s1. The number of benzene rings is 2. The van der Waals surface area contributed by atoms with Crippen LogP contribution >= 0.6 is 0 Å². The van der Waals surface area contributed by atoms with E-state index in [1.54, 1.807) is 23.8 Å². The minimum absolute atomic E-state index is 0.141. The number of nitrogens with zero attached hydrogens (tertiary/aromatic N) is 3. The summed E-state index contributed by atoms with van der Waals surface area (Å²) >= 11 is 0. The molecule has 3 heterocycles. The Labute approximate surface area is 202 Å². The Morgan fingerprint density at radius 2 is 1.89 bits per heavy atom. The molecular weight excluding hydrogens is 445 g/mol. The smallest absolute Gasteiger partial charge is 0.253 e. The van der Waals surface area contributed by atoms with Crippen LogP contribution in [0.4, 0.5) is 4.39 Å². The number of fused-ring (bicyclic) bond motifs is 1. The summed E-state index contributed by atoms with van der Waals surface area (Å²) in [4.78, 5) is 31.9. The van der Waals surface area contributed by atoms with Gasteiger partial charge in [-0.05, 0) is 73.6 Å². The van der Waals surface area contributed by atoms with Crippen molar-refractivity contribution < 1.29 is 13.6 Å². The largest absolute Gasteiger partial charge is 0.464 e. The minimum atomic E-state index is -0.432. The molecule has 6 rings (SSSR count). The number of aryl methyl sites for hydroxylation is 1. The number of aromatic nitrogens is 2. The number of hydrogen-bond acceptors (Lipinski definition) is 4. The molecule has 1 atom stereocenters. The Morgan fingerprint density at radius 3 is 2.69 bits per heavy atom. The van der Waals surface area contributed by atoms with Crippen LogP contribution in [0, 0.1) is 24.6 Å². The number of halogens is 1. The predicted octanol–water partition coefficient (Wildman–Crippen LogP) is 5.03. The molecule has 1 saturated heterocycles. The van der Waals surface area contributed by atoms with Crippen molar-refractivity contribution in [1.29, 1.82) is 0 Å². The first kappa shape index (κ1) is 21.8. The normalized spacial score (nSPS) is 17.9. The molecule has 4 aromatic rings. The van der Waals surface area contributed by atoms with Gasteiger partial charge in [-0.25, -0.2) is 9.37 Å². The zero-order chi connectivity index (χ0) is 24.1. The van der Waals surface area contributed by atoms with E-state index in [0.29, 0.717) is 36.7 Å². The van der Waals surface area contributed by atoms with Crippen molar-refractivity contribution in [3.8, 4) is 22.5 Å². The van der Waals surface area contributed by atoms with E-state index in [0.717, 1.165) is 41.4 Å². The van der Waals surface area contributed by atoms with Crippen LogP contribution in [-0.2, 0) is 11.3 Å². The van der Waals surface area contributed by atoms with Crippen molar-refractivity contribution >= 4 is 16.9 Å². The van der Waals surface area contributed by atoms with Crippen LogP contribution in [0.25, 0.3) is 33.5 Å². The molecule has 0 spiro atoms. The topological polar surface area (TPSA) is 68.3 Å². The van der Waals surface area contributed by atoms with Gasteiger partial charge in [-0.1, -0.05) is 12.1 Å². The van der Waals surface area contributed by atoms with Crippen molar-refractivity contribution in [2.45, 2.75) is 32.7 Å². The second kappa shape index (κ2) is 8.48. The summed E-state index contributed by atoms with van der Waals surface area (Å²) in [5.74, 6) is 0.462. The summed E-state index contributed by atoms with van der Waals surface area (Å²) in [6.07, 6.45) is 4.43. The van der Waals surface area contributed by atoms with Crippen molar-refractivity contribution in [3.63, 3.8) is 0 Å². The third-order valence-corrected chi connectivity index (χ3v) is 7.10. The van der Waals surface area contributed by atoms with Gasteiger partial charge in [-0.2, -0.15) is 0 Å². The fraction of sp³-hybridized carbons (Fsp3) is 0.321. The molecule has 1 amide bonds. The van der Waals surface area contributed by atoms with E-state index in [4.69, 9.17) is 4.42 Å². The number of carbonyl (C=O) groups is 1. The lowest BCUT2D eigenvalue weighted by Crippen LogP contribution is -2.32.